The quantitative estimate of drug-likeness (QED) is 0.746. The van der Waals surface area contributed by atoms with Crippen LogP contribution in [0.25, 0.3) is 11.4 Å². The number of nitrogens with one attached hydrogen (secondary N) is 1. The second-order valence-electron chi connectivity index (χ2n) is 5.67. The Morgan fingerprint density at radius 1 is 1.12 bits per heavy atom. The van der Waals surface area contributed by atoms with E-state index in [4.69, 9.17) is 5.73 Å². The molecule has 0 atom stereocenters. The molecule has 3 heterocycles. The van der Waals surface area contributed by atoms with Crippen molar-refractivity contribution in [2.24, 2.45) is 5.73 Å². The largest absolute Gasteiger partial charge is 0.364 e. The van der Waals surface area contributed by atoms with E-state index in [9.17, 15) is 9.59 Å². The van der Waals surface area contributed by atoms with Gasteiger partial charge in [-0.3, -0.25) is 14.6 Å². The monoisotopic (exact) mass is 346 g/mol. The van der Waals surface area contributed by atoms with Crippen molar-refractivity contribution in [3.63, 3.8) is 0 Å². The van der Waals surface area contributed by atoms with E-state index < -0.39 is 5.91 Å². The highest BCUT2D eigenvalue weighted by Crippen LogP contribution is 2.36. The van der Waals surface area contributed by atoms with E-state index >= 15 is 0 Å². The molecule has 128 valence electrons. The van der Waals surface area contributed by atoms with Gasteiger partial charge in [0.15, 0.2) is 17.3 Å². The molecular weight excluding hydrogens is 332 g/mol. The molecule has 0 saturated heterocycles. The fourth-order valence-corrected chi connectivity index (χ4v) is 2.78. The zero-order valence-corrected chi connectivity index (χ0v) is 13.6. The molecule has 0 spiro atoms. The highest BCUT2D eigenvalue weighted by molar-refractivity contribution is 6.09. The second kappa shape index (κ2) is 6.25. The summed E-state index contributed by atoms with van der Waals surface area (Å²) in [5.74, 6) is -0.299. The minimum Gasteiger partial charge on any atom is -0.364 e. The smallest absolute Gasteiger partial charge is 0.269 e. The maximum absolute atomic E-state index is 12.2. The number of pyridine rings is 1. The summed E-state index contributed by atoms with van der Waals surface area (Å²) >= 11 is 0. The van der Waals surface area contributed by atoms with E-state index in [1.165, 1.54) is 0 Å². The molecular formula is C18H14N6O2. The minimum absolute atomic E-state index is 0.0390. The van der Waals surface area contributed by atoms with Crippen molar-refractivity contribution in [2.75, 3.05) is 16.8 Å². The third-order valence-electron chi connectivity index (χ3n) is 3.93. The molecule has 4 rings (SSSR count). The molecule has 8 nitrogen and oxygen atoms in total. The van der Waals surface area contributed by atoms with Crippen molar-refractivity contribution in [3.8, 4) is 11.4 Å². The van der Waals surface area contributed by atoms with E-state index in [1.807, 2.05) is 30.3 Å². The van der Waals surface area contributed by atoms with Gasteiger partial charge in [-0.15, -0.1) is 0 Å². The maximum atomic E-state index is 12.2. The van der Waals surface area contributed by atoms with Gasteiger partial charge in [0, 0.05) is 23.6 Å². The third kappa shape index (κ3) is 2.73. The van der Waals surface area contributed by atoms with Gasteiger partial charge in [-0.1, -0.05) is 18.2 Å². The number of rotatable bonds is 3. The first-order valence-electron chi connectivity index (χ1n) is 7.88. The van der Waals surface area contributed by atoms with Gasteiger partial charge in [-0.25, -0.2) is 9.97 Å². The number of amides is 2. The molecule has 0 fully saturated rings. The first-order valence-corrected chi connectivity index (χ1v) is 7.88. The predicted molar refractivity (Wildman–Crippen MR) is 95.9 cm³/mol. The van der Waals surface area contributed by atoms with Gasteiger partial charge in [0.1, 0.15) is 12.2 Å². The first kappa shape index (κ1) is 15.7. The fourth-order valence-electron chi connectivity index (χ4n) is 2.78. The topological polar surface area (TPSA) is 114 Å². The summed E-state index contributed by atoms with van der Waals surface area (Å²) in [5.41, 5.74) is 7.09. The van der Waals surface area contributed by atoms with E-state index in [0.29, 0.717) is 17.2 Å². The molecule has 1 aliphatic heterocycles. The number of fused-ring (bicyclic) bond motifs is 1. The van der Waals surface area contributed by atoms with Crippen molar-refractivity contribution in [1.82, 2.24) is 15.0 Å². The third-order valence-corrected chi connectivity index (χ3v) is 3.93. The van der Waals surface area contributed by atoms with Crippen LogP contribution in [0.4, 0.5) is 17.2 Å². The number of benzene rings is 1. The van der Waals surface area contributed by atoms with E-state index in [1.54, 1.807) is 29.4 Å². The molecule has 3 N–H and O–H groups in total. The number of hydrogen-bond acceptors (Lipinski definition) is 6. The number of aromatic nitrogens is 3. The van der Waals surface area contributed by atoms with Crippen molar-refractivity contribution >= 4 is 29.0 Å². The Labute approximate surface area is 148 Å². The molecule has 1 aromatic carbocycles. The number of carbonyl (C=O) groups excluding carboxylic acids is 2. The van der Waals surface area contributed by atoms with Crippen LogP contribution in [0, 0.1) is 0 Å². The highest BCUT2D eigenvalue weighted by Gasteiger charge is 2.30. The molecule has 0 unspecified atom stereocenters. The van der Waals surface area contributed by atoms with Crippen molar-refractivity contribution in [1.29, 1.82) is 0 Å². The van der Waals surface area contributed by atoms with Crippen LogP contribution in [0.1, 0.15) is 10.5 Å². The summed E-state index contributed by atoms with van der Waals surface area (Å²) in [4.78, 5) is 38.7. The number of para-hydroxylation sites is 1. The first-order chi connectivity index (χ1) is 12.6. The lowest BCUT2D eigenvalue weighted by atomic mass is 10.1. The van der Waals surface area contributed by atoms with E-state index in [2.05, 4.69) is 20.3 Å². The Morgan fingerprint density at radius 2 is 1.92 bits per heavy atom. The molecule has 0 radical (unpaired) electrons. The van der Waals surface area contributed by atoms with E-state index in [-0.39, 0.29) is 23.8 Å². The summed E-state index contributed by atoms with van der Waals surface area (Å²) in [6.07, 6.45) is 3.23. The van der Waals surface area contributed by atoms with Crippen molar-refractivity contribution in [3.05, 3.63) is 60.6 Å². The fraction of sp³-hybridized carbons (Fsp3) is 0.0556. The second-order valence-corrected chi connectivity index (χ2v) is 5.67. The summed E-state index contributed by atoms with van der Waals surface area (Å²) in [6.45, 7) is 0.0682. The summed E-state index contributed by atoms with van der Waals surface area (Å²) < 4.78 is 0. The number of hydrogen-bond donors (Lipinski definition) is 2. The van der Waals surface area contributed by atoms with Crippen LogP contribution >= 0.6 is 0 Å². The zero-order valence-electron chi connectivity index (χ0n) is 13.6. The average Bonchev–Trinajstić information content (AvgIpc) is 2.68. The molecule has 0 bridgehead atoms. The number of nitrogens with two attached hydrogens (primary N) is 1. The Bertz CT molecular complexity index is 991. The van der Waals surface area contributed by atoms with Gasteiger partial charge < -0.3 is 16.0 Å². The summed E-state index contributed by atoms with van der Waals surface area (Å²) in [6, 6.07) is 12.9. The number of primary amides is 1. The molecule has 3 aromatic rings. The van der Waals surface area contributed by atoms with Crippen molar-refractivity contribution < 1.29 is 9.59 Å². The van der Waals surface area contributed by atoms with Gasteiger partial charge >= 0.3 is 0 Å². The normalized spacial score (nSPS) is 13.1. The lowest BCUT2D eigenvalue weighted by Gasteiger charge is -2.30. The van der Waals surface area contributed by atoms with Crippen LogP contribution in [-0.2, 0) is 4.79 Å². The maximum Gasteiger partial charge on any atom is 0.269 e. The van der Waals surface area contributed by atoms with Gasteiger partial charge in [-0.2, -0.15) is 0 Å². The van der Waals surface area contributed by atoms with Crippen LogP contribution in [0.15, 0.2) is 54.9 Å². The average molecular weight is 346 g/mol. The Kier molecular flexibility index (Phi) is 3.77. The highest BCUT2D eigenvalue weighted by atomic mass is 16.2. The Balaban J connectivity index is 1.95. The lowest BCUT2D eigenvalue weighted by Crippen LogP contribution is -2.37. The predicted octanol–water partition coefficient (Wildman–Crippen LogP) is 1.73. The Hall–Kier alpha value is -3.81. The number of nitrogens with zero attached hydrogens (tertiary/aromatic N) is 4. The molecule has 2 amide bonds. The van der Waals surface area contributed by atoms with Crippen LogP contribution in [0.5, 0.6) is 0 Å². The van der Waals surface area contributed by atoms with Crippen molar-refractivity contribution in [2.45, 2.75) is 0 Å². The molecule has 1 aliphatic rings. The SMILES string of the molecule is NC(=O)c1nc(-c2cccnc2)nc2c1NC(=O)CN2c1ccccc1. The van der Waals surface area contributed by atoms with Gasteiger partial charge in [0.25, 0.3) is 5.91 Å². The summed E-state index contributed by atoms with van der Waals surface area (Å²) in [5, 5.41) is 2.67. The summed E-state index contributed by atoms with van der Waals surface area (Å²) in [7, 11) is 0. The number of anilines is 3. The lowest BCUT2D eigenvalue weighted by molar-refractivity contribution is -0.115. The minimum atomic E-state index is -0.746. The molecule has 0 aliphatic carbocycles. The van der Waals surface area contributed by atoms with Gasteiger partial charge in [0.2, 0.25) is 5.91 Å². The molecule has 8 heteroatoms. The van der Waals surface area contributed by atoms with Crippen LogP contribution in [-0.4, -0.2) is 33.3 Å². The van der Waals surface area contributed by atoms with Gasteiger partial charge in [0.05, 0.1) is 0 Å². The van der Waals surface area contributed by atoms with Crippen LogP contribution in [0.2, 0.25) is 0 Å². The zero-order chi connectivity index (χ0) is 18.1. The Morgan fingerprint density at radius 3 is 2.62 bits per heavy atom. The molecule has 0 saturated carbocycles. The molecule has 2 aromatic heterocycles. The molecule has 26 heavy (non-hydrogen) atoms. The van der Waals surface area contributed by atoms with Crippen LogP contribution < -0.4 is 16.0 Å². The van der Waals surface area contributed by atoms with E-state index in [0.717, 1.165) is 5.69 Å². The van der Waals surface area contributed by atoms with Gasteiger partial charge in [-0.05, 0) is 24.3 Å². The van der Waals surface area contributed by atoms with Crippen LogP contribution in [0.3, 0.4) is 0 Å². The standard InChI is InChI=1S/C18H14N6O2/c19-16(26)14-15-18(23-17(22-14)11-5-4-8-20-9-11)24(10-13(25)21-15)12-6-2-1-3-7-12/h1-9H,10H2,(H2,19,26)(H,21,25). The number of carbonyl (C=O) groups is 2.